The lowest BCUT2D eigenvalue weighted by molar-refractivity contribution is -0.122. The van der Waals surface area contributed by atoms with Gasteiger partial charge in [-0.1, -0.05) is 51.8 Å². The Labute approximate surface area is 228 Å². The van der Waals surface area contributed by atoms with Crippen LogP contribution in [0.1, 0.15) is 47.3 Å². The zero-order chi connectivity index (χ0) is 25.9. The lowest BCUT2D eigenvalue weighted by Gasteiger charge is -2.23. The zero-order valence-corrected chi connectivity index (χ0v) is 22.7. The molecule has 0 bridgehead atoms. The molecule has 5 rings (SSSR count). The second-order valence-corrected chi connectivity index (χ2v) is 10.6. The lowest BCUT2D eigenvalue weighted by atomic mass is 10.0. The van der Waals surface area contributed by atoms with Gasteiger partial charge in [0.15, 0.2) is 0 Å². The number of fused-ring (bicyclic) bond motifs is 1. The van der Waals surface area contributed by atoms with Crippen molar-refractivity contribution < 1.29 is 14.3 Å². The molecule has 1 saturated heterocycles. The molecule has 3 heterocycles. The van der Waals surface area contributed by atoms with E-state index in [4.69, 9.17) is 16.3 Å². The molecule has 2 aromatic carbocycles. The number of ether oxygens (including phenoxy) is 1. The highest BCUT2D eigenvalue weighted by Gasteiger charge is 2.30. The predicted octanol–water partition coefficient (Wildman–Crippen LogP) is 4.98. The maximum Gasteiger partial charge on any atom is 0.254 e. The van der Waals surface area contributed by atoms with Crippen LogP contribution in [0, 0.1) is 0 Å². The molecule has 2 N–H and O–H groups in total. The number of aromatic nitrogens is 2. The molecule has 0 aliphatic carbocycles. The summed E-state index contributed by atoms with van der Waals surface area (Å²) in [7, 11) is 0. The molecule has 192 valence electrons. The molecule has 2 aliphatic heterocycles. The van der Waals surface area contributed by atoms with E-state index in [2.05, 4.69) is 36.5 Å². The van der Waals surface area contributed by atoms with E-state index in [1.807, 2.05) is 43.3 Å². The normalized spacial score (nSPS) is 16.4. The molecule has 8 nitrogen and oxygen atoms in total. The van der Waals surface area contributed by atoms with E-state index in [-0.39, 0.29) is 30.4 Å². The van der Waals surface area contributed by atoms with Crippen LogP contribution in [0.15, 0.2) is 53.1 Å². The van der Waals surface area contributed by atoms with Crippen molar-refractivity contribution in [3.05, 3.63) is 74.8 Å². The number of carbonyl (C=O) groups excluding carboxylic acids is 2. The van der Waals surface area contributed by atoms with E-state index in [0.29, 0.717) is 42.0 Å². The fourth-order valence-corrected chi connectivity index (χ4v) is 5.24. The molecule has 2 amide bonds. The number of halogens is 2. The number of amides is 2. The summed E-state index contributed by atoms with van der Waals surface area (Å²) in [5.41, 5.74) is 3.69. The van der Waals surface area contributed by atoms with Crippen molar-refractivity contribution in [2.75, 3.05) is 25.1 Å². The SMILES string of the molecule is CC(NC(=O)CN1Cc2ccc(-c3nc(NC4CCOCC4)ncc3Cl)cc2C1=O)c1cccc(Br)c1. The van der Waals surface area contributed by atoms with Crippen LogP contribution >= 0.6 is 27.5 Å². The molecular formula is C27H27BrClN5O3. The molecule has 0 spiro atoms. The van der Waals surface area contributed by atoms with Gasteiger partial charge in [-0.15, -0.1) is 0 Å². The number of hydrogen-bond donors (Lipinski definition) is 2. The maximum absolute atomic E-state index is 13.2. The summed E-state index contributed by atoms with van der Waals surface area (Å²) in [6, 6.07) is 13.4. The van der Waals surface area contributed by atoms with Gasteiger partial charge >= 0.3 is 0 Å². The highest BCUT2D eigenvalue weighted by Crippen LogP contribution is 2.31. The molecule has 1 unspecified atom stereocenters. The molecular weight excluding hydrogens is 558 g/mol. The van der Waals surface area contributed by atoms with Gasteiger partial charge in [0.2, 0.25) is 11.9 Å². The van der Waals surface area contributed by atoms with E-state index >= 15 is 0 Å². The summed E-state index contributed by atoms with van der Waals surface area (Å²) in [6.45, 7) is 3.70. The van der Waals surface area contributed by atoms with Crippen LogP contribution in [0.4, 0.5) is 5.95 Å². The van der Waals surface area contributed by atoms with Crippen LogP contribution in [-0.4, -0.2) is 52.5 Å². The highest BCUT2D eigenvalue weighted by molar-refractivity contribution is 9.10. The average molecular weight is 585 g/mol. The van der Waals surface area contributed by atoms with Gasteiger partial charge in [-0.05, 0) is 49.1 Å². The second kappa shape index (κ2) is 11.2. The lowest BCUT2D eigenvalue weighted by Crippen LogP contribution is -2.38. The third-order valence-corrected chi connectivity index (χ3v) is 7.39. The van der Waals surface area contributed by atoms with Gasteiger partial charge < -0.3 is 20.3 Å². The fraction of sp³-hybridized carbons (Fsp3) is 0.333. The van der Waals surface area contributed by atoms with E-state index in [9.17, 15) is 9.59 Å². The van der Waals surface area contributed by atoms with Crippen LogP contribution in [0.5, 0.6) is 0 Å². The largest absolute Gasteiger partial charge is 0.381 e. The molecule has 0 radical (unpaired) electrons. The molecule has 3 aromatic rings. The van der Waals surface area contributed by atoms with Crippen molar-refractivity contribution >= 4 is 45.3 Å². The number of rotatable bonds is 7. The Morgan fingerprint density at radius 1 is 1.24 bits per heavy atom. The maximum atomic E-state index is 13.2. The summed E-state index contributed by atoms with van der Waals surface area (Å²) in [5.74, 6) is 0.0976. The Morgan fingerprint density at radius 3 is 2.84 bits per heavy atom. The number of anilines is 1. The summed E-state index contributed by atoms with van der Waals surface area (Å²) >= 11 is 9.90. The van der Waals surface area contributed by atoms with Crippen LogP contribution in [-0.2, 0) is 16.1 Å². The third-order valence-electron chi connectivity index (χ3n) is 6.62. The number of carbonyl (C=O) groups is 2. The highest BCUT2D eigenvalue weighted by atomic mass is 79.9. The Morgan fingerprint density at radius 2 is 2.05 bits per heavy atom. The molecule has 1 atom stereocenters. The van der Waals surface area contributed by atoms with E-state index in [1.54, 1.807) is 17.2 Å². The van der Waals surface area contributed by atoms with Crippen LogP contribution in [0.25, 0.3) is 11.3 Å². The van der Waals surface area contributed by atoms with Crippen molar-refractivity contribution in [3.8, 4) is 11.3 Å². The number of benzene rings is 2. The van der Waals surface area contributed by atoms with Crippen LogP contribution < -0.4 is 10.6 Å². The molecule has 1 aromatic heterocycles. The summed E-state index contributed by atoms with van der Waals surface area (Å²) in [4.78, 5) is 36.4. The molecule has 10 heteroatoms. The minimum absolute atomic E-state index is 0.0192. The third kappa shape index (κ3) is 5.95. The van der Waals surface area contributed by atoms with Gasteiger partial charge in [0.1, 0.15) is 6.54 Å². The van der Waals surface area contributed by atoms with Crippen molar-refractivity contribution in [2.24, 2.45) is 0 Å². The van der Waals surface area contributed by atoms with Gasteiger partial charge in [-0.2, -0.15) is 0 Å². The quantitative estimate of drug-likeness (QED) is 0.407. The number of hydrogen-bond acceptors (Lipinski definition) is 6. The van der Waals surface area contributed by atoms with Gasteiger partial charge in [0.05, 0.1) is 23.0 Å². The van der Waals surface area contributed by atoms with Gasteiger partial charge in [0, 0.05) is 41.4 Å². The minimum Gasteiger partial charge on any atom is -0.381 e. The van der Waals surface area contributed by atoms with Gasteiger partial charge in [-0.3, -0.25) is 9.59 Å². The van der Waals surface area contributed by atoms with Crippen molar-refractivity contribution in [1.82, 2.24) is 20.2 Å². The first-order valence-corrected chi connectivity index (χ1v) is 13.4. The van der Waals surface area contributed by atoms with Crippen molar-refractivity contribution in [3.63, 3.8) is 0 Å². The zero-order valence-electron chi connectivity index (χ0n) is 20.3. The van der Waals surface area contributed by atoms with Gasteiger partial charge in [-0.25, -0.2) is 9.97 Å². The Bertz CT molecular complexity index is 1330. The minimum atomic E-state index is -0.212. The number of nitrogens with zero attached hydrogens (tertiary/aromatic N) is 3. The van der Waals surface area contributed by atoms with Gasteiger partial charge in [0.25, 0.3) is 5.91 Å². The molecule has 2 aliphatic rings. The Kier molecular flexibility index (Phi) is 7.73. The Balaban J connectivity index is 1.27. The van der Waals surface area contributed by atoms with Crippen LogP contribution in [0.3, 0.4) is 0 Å². The molecule has 1 fully saturated rings. The van der Waals surface area contributed by atoms with E-state index in [1.165, 1.54) is 0 Å². The molecule has 37 heavy (non-hydrogen) atoms. The Hall–Kier alpha value is -3.01. The van der Waals surface area contributed by atoms with Crippen LogP contribution in [0.2, 0.25) is 5.02 Å². The topological polar surface area (TPSA) is 96.5 Å². The monoisotopic (exact) mass is 583 g/mol. The number of nitrogens with one attached hydrogen (secondary N) is 2. The fourth-order valence-electron chi connectivity index (χ4n) is 4.62. The average Bonchev–Trinajstić information content (AvgIpc) is 3.20. The summed E-state index contributed by atoms with van der Waals surface area (Å²) < 4.78 is 6.36. The smallest absolute Gasteiger partial charge is 0.254 e. The summed E-state index contributed by atoms with van der Waals surface area (Å²) in [5, 5.41) is 6.74. The first-order valence-electron chi connectivity index (χ1n) is 12.2. The van der Waals surface area contributed by atoms with Crippen molar-refractivity contribution in [1.29, 1.82) is 0 Å². The summed E-state index contributed by atoms with van der Waals surface area (Å²) in [6.07, 6.45) is 3.35. The van der Waals surface area contributed by atoms with E-state index < -0.39 is 0 Å². The molecule has 0 saturated carbocycles. The first kappa shape index (κ1) is 25.6. The standard InChI is InChI=1S/C27H27BrClN5O3/c1-16(17-3-2-4-20(28)11-17)31-24(35)15-34-14-19-6-5-18(12-22(19)26(34)36)25-23(29)13-30-27(33-25)32-21-7-9-37-10-8-21/h2-6,11-13,16,21H,7-10,14-15H2,1H3,(H,31,35)(H,30,32,33). The first-order chi connectivity index (χ1) is 17.9. The predicted molar refractivity (Wildman–Crippen MR) is 145 cm³/mol. The second-order valence-electron chi connectivity index (χ2n) is 9.30. The van der Waals surface area contributed by atoms with E-state index in [0.717, 1.165) is 34.0 Å². The van der Waals surface area contributed by atoms with Crippen molar-refractivity contribution in [2.45, 2.75) is 38.4 Å².